The highest BCUT2D eigenvalue weighted by atomic mass is 16.6. The van der Waals surface area contributed by atoms with Crippen LogP contribution in [0, 0.1) is 35.5 Å². The number of carbonyl (C=O) groups excluding carboxylic acids is 5. The Morgan fingerprint density at radius 1 is 0.831 bits per heavy atom. The fraction of sp³-hybridized carbons (Fsp3) is 0.745. The molecule has 1 saturated carbocycles. The molecule has 16 atom stereocenters. The van der Waals surface area contributed by atoms with E-state index in [1.807, 2.05) is 58.1 Å². The van der Waals surface area contributed by atoms with E-state index >= 15 is 0 Å². The number of cyclic esters (lactones) is 1. The van der Waals surface area contributed by atoms with E-state index in [9.17, 15) is 39.3 Å². The first-order chi connectivity index (χ1) is 30.7. The average Bonchev–Trinajstić information content (AvgIpc) is 3.28. The van der Waals surface area contributed by atoms with E-state index in [2.05, 4.69) is 5.32 Å². The van der Waals surface area contributed by atoms with Crippen molar-refractivity contribution in [2.75, 3.05) is 21.3 Å². The van der Waals surface area contributed by atoms with Crippen LogP contribution in [0.2, 0.25) is 0 Å². The lowest BCUT2D eigenvalue weighted by molar-refractivity contribution is -0.264. The number of aliphatic hydroxyl groups excluding tert-OH is 2. The van der Waals surface area contributed by atoms with Gasteiger partial charge in [-0.25, -0.2) is 0 Å². The van der Waals surface area contributed by atoms with E-state index in [0.717, 1.165) is 12.0 Å². The Morgan fingerprint density at radius 3 is 2.22 bits per heavy atom. The fourth-order valence-electron chi connectivity index (χ4n) is 10.1. The van der Waals surface area contributed by atoms with Gasteiger partial charge in [-0.2, -0.15) is 0 Å². The van der Waals surface area contributed by atoms with Crippen molar-refractivity contribution in [1.29, 1.82) is 0 Å². The zero-order valence-electron chi connectivity index (χ0n) is 40.5. The Balaban J connectivity index is 1.66. The summed E-state index contributed by atoms with van der Waals surface area (Å²) >= 11 is 0. The van der Waals surface area contributed by atoms with Crippen molar-refractivity contribution in [3.63, 3.8) is 0 Å². The molecule has 366 valence electrons. The number of ether oxygens (including phenoxy) is 5. The van der Waals surface area contributed by atoms with Crippen molar-refractivity contribution in [2.24, 2.45) is 35.5 Å². The van der Waals surface area contributed by atoms with Crippen LogP contribution < -0.4 is 5.32 Å². The summed E-state index contributed by atoms with van der Waals surface area (Å²) in [5.41, 5.74) is 1.28. The summed E-state index contributed by atoms with van der Waals surface area (Å²) in [5.74, 6) is -7.43. The molecule has 0 aromatic carbocycles. The van der Waals surface area contributed by atoms with Crippen molar-refractivity contribution < 1.29 is 63.0 Å². The molecule has 3 aliphatic heterocycles. The highest BCUT2D eigenvalue weighted by Gasteiger charge is 2.52. The van der Waals surface area contributed by atoms with Gasteiger partial charge in [0.05, 0.1) is 30.5 Å². The first-order valence-electron chi connectivity index (χ1n) is 23.9. The van der Waals surface area contributed by atoms with Crippen LogP contribution in [0.15, 0.2) is 47.6 Å². The van der Waals surface area contributed by atoms with Crippen molar-refractivity contribution in [2.45, 2.75) is 186 Å². The Kier molecular flexibility index (Phi) is 21.1. The van der Waals surface area contributed by atoms with Gasteiger partial charge >= 0.3 is 5.97 Å². The number of esters is 1. The van der Waals surface area contributed by atoms with Crippen LogP contribution in [0.5, 0.6) is 0 Å². The summed E-state index contributed by atoms with van der Waals surface area (Å²) in [5, 5.41) is 36.7. The molecule has 0 aromatic heterocycles. The predicted octanol–water partition coefficient (Wildman–Crippen LogP) is 5.88. The molecule has 0 amide bonds. The third-order valence-electron chi connectivity index (χ3n) is 14.5. The van der Waals surface area contributed by atoms with E-state index in [0.29, 0.717) is 63.4 Å². The van der Waals surface area contributed by atoms with Crippen molar-refractivity contribution >= 4 is 29.1 Å². The molecule has 4 rings (SSSR count). The van der Waals surface area contributed by atoms with E-state index in [1.54, 1.807) is 41.1 Å². The quantitative estimate of drug-likeness (QED) is 0.140. The molecule has 0 spiro atoms. The van der Waals surface area contributed by atoms with Crippen LogP contribution in [0.3, 0.4) is 0 Å². The van der Waals surface area contributed by atoms with E-state index in [-0.39, 0.29) is 48.3 Å². The number of ketones is 4. The third-order valence-corrected chi connectivity index (χ3v) is 14.5. The lowest BCUT2D eigenvalue weighted by Crippen LogP contribution is -2.60. The van der Waals surface area contributed by atoms with Crippen molar-refractivity contribution in [3.8, 4) is 0 Å². The SMILES string of the molecule is CO[C@H]1C[C@@H]2CC[C@@H](C)[C@@](O)(O2)C(=O)C(=O)C2CCC[C@H](N2)C(=O)O[C@H]([C@H](C)CC2CC[C@@H](O)[C@H](OC)C2)CC(=O)[C@H](C)/C=C(\C)[C@@H](O)[C@@H](OC)C(=O)[C@H](C)C[C@H](C)/C=C/C=C/C=C/1C. The van der Waals surface area contributed by atoms with Crippen molar-refractivity contribution in [3.05, 3.63) is 47.6 Å². The summed E-state index contributed by atoms with van der Waals surface area (Å²) in [6.45, 7) is 12.7. The first kappa shape index (κ1) is 54.4. The number of hydrogen-bond donors (Lipinski definition) is 4. The first-order valence-corrected chi connectivity index (χ1v) is 23.9. The summed E-state index contributed by atoms with van der Waals surface area (Å²) in [7, 11) is 4.53. The van der Waals surface area contributed by atoms with Crippen LogP contribution >= 0.6 is 0 Å². The Hall–Kier alpha value is -3.21. The molecule has 2 unspecified atom stereocenters. The normalized spacial score (nSPS) is 41.5. The Bertz CT molecular complexity index is 1760. The number of rotatable bonds is 6. The number of carbonyl (C=O) groups is 5. The minimum atomic E-state index is -2.36. The zero-order valence-corrected chi connectivity index (χ0v) is 40.5. The van der Waals surface area contributed by atoms with Crippen LogP contribution in [0.4, 0.5) is 0 Å². The number of hydrogen-bond acceptors (Lipinski definition) is 14. The number of piperidine rings is 1. The number of methoxy groups -OCH3 is 3. The molecule has 3 heterocycles. The van der Waals surface area contributed by atoms with Crippen LogP contribution in [0.25, 0.3) is 0 Å². The van der Waals surface area contributed by atoms with Gasteiger partial charge in [-0.1, -0.05) is 71.1 Å². The second kappa shape index (κ2) is 25.2. The number of fused-ring (bicyclic) bond motifs is 4. The van der Waals surface area contributed by atoms with Gasteiger partial charge in [0.2, 0.25) is 11.6 Å². The molecule has 1 aliphatic carbocycles. The second-order valence-corrected chi connectivity index (χ2v) is 19.6. The Labute approximate surface area is 387 Å². The molecule has 0 aromatic rings. The lowest BCUT2D eigenvalue weighted by atomic mass is 9.78. The molecule has 0 radical (unpaired) electrons. The summed E-state index contributed by atoms with van der Waals surface area (Å²) in [4.78, 5) is 69.7. The molecular weight excluding hydrogens is 835 g/mol. The minimum Gasteiger partial charge on any atom is -0.460 e. The van der Waals surface area contributed by atoms with Crippen LogP contribution in [0.1, 0.15) is 126 Å². The van der Waals surface area contributed by atoms with Gasteiger partial charge in [0.1, 0.15) is 30.1 Å². The summed E-state index contributed by atoms with van der Waals surface area (Å²) < 4.78 is 29.2. The summed E-state index contributed by atoms with van der Waals surface area (Å²) in [6.07, 6.45) is 11.2. The number of allylic oxidation sites excluding steroid dienone is 6. The summed E-state index contributed by atoms with van der Waals surface area (Å²) in [6, 6.07) is -2.03. The maximum absolute atomic E-state index is 14.1. The predicted molar refractivity (Wildman–Crippen MR) is 245 cm³/mol. The molecule has 4 aliphatic rings. The maximum atomic E-state index is 14.1. The van der Waals surface area contributed by atoms with Crippen LogP contribution in [-0.2, 0) is 47.7 Å². The zero-order chi connectivity index (χ0) is 48.2. The second-order valence-electron chi connectivity index (χ2n) is 19.6. The van der Waals surface area contributed by atoms with Gasteiger partial charge in [-0.05, 0) is 107 Å². The third kappa shape index (κ3) is 14.6. The van der Waals surface area contributed by atoms with Gasteiger partial charge in [0, 0.05) is 51.9 Å². The van der Waals surface area contributed by atoms with Gasteiger partial charge < -0.3 is 39.0 Å². The van der Waals surface area contributed by atoms with Gasteiger partial charge in [0.25, 0.3) is 5.78 Å². The monoisotopic (exact) mass is 914 g/mol. The van der Waals surface area contributed by atoms with E-state index in [4.69, 9.17) is 23.7 Å². The van der Waals surface area contributed by atoms with Gasteiger partial charge in [-0.15, -0.1) is 0 Å². The van der Waals surface area contributed by atoms with Crippen LogP contribution in [-0.4, -0.2) is 126 Å². The van der Waals surface area contributed by atoms with E-state index in [1.165, 1.54) is 7.11 Å². The highest BCUT2D eigenvalue weighted by molar-refractivity contribution is 6.41. The lowest BCUT2D eigenvalue weighted by Gasteiger charge is -2.42. The van der Waals surface area contributed by atoms with Crippen molar-refractivity contribution in [1.82, 2.24) is 5.32 Å². The molecule has 4 bridgehead atoms. The Morgan fingerprint density at radius 2 is 1.54 bits per heavy atom. The molecule has 14 heteroatoms. The smallest absolute Gasteiger partial charge is 0.323 e. The van der Waals surface area contributed by atoms with Gasteiger partial charge in [0.15, 0.2) is 5.78 Å². The highest BCUT2D eigenvalue weighted by Crippen LogP contribution is 2.37. The molecule has 65 heavy (non-hydrogen) atoms. The maximum Gasteiger partial charge on any atom is 0.323 e. The topological polar surface area (TPSA) is 204 Å². The standard InChI is InChI=1S/C51H79NO13/c1-29-15-12-11-13-16-30(2)42(61-8)27-37-21-19-35(7)51(60,65-37)49(58)47(57)38-17-14-18-39(52-38)50(59)64-43(32(4)25-36-20-22-40(53)44(26-36)62-9)28-41(54)31(3)24-34(6)46(56)48(63-10)45(55)33(5)23-29/h11-13,15-16,24,29,31-33,35-40,42-44,46,48,52-53,56,60H,14,17-23,25-28H2,1-10H3/b13-11+,15-12+,30-16+,34-24+/t29-,31-,32-,33-,35-,36?,37+,38?,39+,40-,42+,43+,44-,46-,48+,51-/m1/s1. The molecule has 4 N–H and O–H groups in total. The molecule has 14 nitrogen and oxygen atoms in total. The molecule has 2 saturated heterocycles. The number of aliphatic hydroxyl groups is 3. The molecule has 3 fully saturated rings. The fourth-order valence-corrected chi connectivity index (χ4v) is 10.1. The number of Topliss-reactive ketones (excluding diaryl/α,β-unsaturated/α-hetero) is 4. The average molecular weight is 914 g/mol. The van der Waals surface area contributed by atoms with E-state index < -0.39 is 89.8 Å². The number of nitrogens with one attached hydrogen (secondary N) is 1. The molecular formula is C51H79NO13. The largest absolute Gasteiger partial charge is 0.460 e. The minimum absolute atomic E-state index is 0.0183. The van der Waals surface area contributed by atoms with Gasteiger partial charge in [-0.3, -0.25) is 29.3 Å².